The third kappa shape index (κ3) is 4.87. The Hall–Kier alpha value is -2.20. The van der Waals surface area contributed by atoms with Gasteiger partial charge in [0.2, 0.25) is 5.91 Å². The zero-order chi connectivity index (χ0) is 20.2. The minimum absolute atomic E-state index is 0.00958. The average molecular weight is 409 g/mol. The average Bonchev–Trinajstić information content (AvgIpc) is 3.06. The van der Waals surface area contributed by atoms with Gasteiger partial charge in [-0.15, -0.1) is 11.3 Å². The monoisotopic (exact) mass is 408 g/mol. The fraction of sp³-hybridized carbons (Fsp3) is 0.478. The van der Waals surface area contributed by atoms with Gasteiger partial charge in [0, 0.05) is 37.6 Å². The molecule has 0 spiro atoms. The number of rotatable bonds is 5. The van der Waals surface area contributed by atoms with E-state index in [1.165, 1.54) is 16.0 Å². The van der Waals surface area contributed by atoms with E-state index in [1.807, 2.05) is 6.07 Å². The Morgan fingerprint density at radius 1 is 1.21 bits per heavy atom. The molecule has 5 nitrogen and oxygen atoms in total. The van der Waals surface area contributed by atoms with Gasteiger partial charge >= 0.3 is 0 Å². The number of hydrogen-bond acceptors (Lipinski definition) is 5. The van der Waals surface area contributed by atoms with E-state index in [-0.39, 0.29) is 5.91 Å². The number of hydrogen-bond donors (Lipinski definition) is 1. The first-order chi connectivity index (χ1) is 14.1. The van der Waals surface area contributed by atoms with Crippen LogP contribution in [0.5, 0.6) is 0 Å². The maximum absolute atomic E-state index is 12.6. The van der Waals surface area contributed by atoms with Crippen LogP contribution in [0.25, 0.3) is 0 Å². The topological polar surface area (TPSA) is 59.4 Å². The Bertz CT molecular complexity index is 894. The van der Waals surface area contributed by atoms with E-state index >= 15 is 0 Å². The number of thiophene rings is 1. The molecular formula is C23H28N4OS. The van der Waals surface area contributed by atoms with Crippen LogP contribution in [0.3, 0.4) is 0 Å². The smallest absolute Gasteiger partial charge is 0.239 e. The number of carbonyl (C=O) groups is 1. The molecule has 1 saturated heterocycles. The van der Waals surface area contributed by atoms with Crippen LogP contribution >= 0.6 is 11.3 Å². The number of piperazine rings is 1. The summed E-state index contributed by atoms with van der Waals surface area (Å²) in [5.74, 6) is 0.646. The van der Waals surface area contributed by atoms with E-state index in [4.69, 9.17) is 0 Å². The van der Waals surface area contributed by atoms with Crippen molar-refractivity contribution in [3.63, 3.8) is 0 Å². The molecule has 0 unspecified atom stereocenters. The molecule has 1 aliphatic carbocycles. The first-order valence-corrected chi connectivity index (χ1v) is 11.3. The molecule has 29 heavy (non-hydrogen) atoms. The van der Waals surface area contributed by atoms with E-state index in [1.54, 1.807) is 11.3 Å². The summed E-state index contributed by atoms with van der Waals surface area (Å²) in [6, 6.07) is 12.9. The van der Waals surface area contributed by atoms with Gasteiger partial charge in [0.1, 0.15) is 11.1 Å². The quantitative estimate of drug-likeness (QED) is 0.823. The Balaban J connectivity index is 1.29. The molecule has 2 aromatic rings. The van der Waals surface area contributed by atoms with Gasteiger partial charge in [-0.05, 0) is 36.3 Å². The zero-order valence-electron chi connectivity index (χ0n) is 17.0. The zero-order valence-corrected chi connectivity index (χ0v) is 17.8. The van der Waals surface area contributed by atoms with Gasteiger partial charge in [-0.2, -0.15) is 5.26 Å². The van der Waals surface area contributed by atoms with Crippen LogP contribution in [0.15, 0.2) is 30.3 Å². The second kappa shape index (κ2) is 9.08. The maximum atomic E-state index is 12.6. The minimum atomic E-state index is -0.00958. The van der Waals surface area contributed by atoms with E-state index < -0.39 is 0 Å². The molecule has 0 bridgehead atoms. The van der Waals surface area contributed by atoms with Crippen molar-refractivity contribution < 1.29 is 4.79 Å². The summed E-state index contributed by atoms with van der Waals surface area (Å²) in [5.41, 5.74) is 3.19. The first kappa shape index (κ1) is 20.1. The van der Waals surface area contributed by atoms with Gasteiger partial charge < -0.3 is 5.32 Å². The number of nitriles is 1. The lowest BCUT2D eigenvalue weighted by Gasteiger charge is -2.34. The predicted molar refractivity (Wildman–Crippen MR) is 117 cm³/mol. The Morgan fingerprint density at radius 3 is 2.66 bits per heavy atom. The van der Waals surface area contributed by atoms with Crippen molar-refractivity contribution in [3.8, 4) is 6.07 Å². The van der Waals surface area contributed by atoms with E-state index in [2.05, 4.69) is 52.4 Å². The number of carbonyl (C=O) groups excluding carboxylic acids is 1. The summed E-state index contributed by atoms with van der Waals surface area (Å²) < 4.78 is 0. The normalized spacial score (nSPS) is 20.1. The number of amides is 1. The van der Waals surface area contributed by atoms with Gasteiger partial charge in [0.05, 0.1) is 12.1 Å². The predicted octanol–water partition coefficient (Wildman–Crippen LogP) is 3.50. The lowest BCUT2D eigenvalue weighted by atomic mass is 9.89. The molecule has 1 atom stereocenters. The lowest BCUT2D eigenvalue weighted by Crippen LogP contribution is -2.48. The summed E-state index contributed by atoms with van der Waals surface area (Å²) in [4.78, 5) is 18.6. The first-order valence-electron chi connectivity index (χ1n) is 10.5. The highest BCUT2D eigenvalue weighted by Gasteiger charge is 2.25. The number of nitrogens with zero attached hydrogens (tertiary/aromatic N) is 3. The highest BCUT2D eigenvalue weighted by Crippen LogP contribution is 2.39. The van der Waals surface area contributed by atoms with E-state index in [9.17, 15) is 10.1 Å². The second-order valence-electron chi connectivity index (χ2n) is 8.25. The molecule has 1 aromatic heterocycles. The van der Waals surface area contributed by atoms with Gasteiger partial charge in [0.25, 0.3) is 0 Å². The molecule has 0 radical (unpaired) electrons. The van der Waals surface area contributed by atoms with Crippen molar-refractivity contribution in [1.29, 1.82) is 5.26 Å². The van der Waals surface area contributed by atoms with Crippen molar-refractivity contribution in [2.75, 3.05) is 38.0 Å². The highest BCUT2D eigenvalue weighted by molar-refractivity contribution is 7.16. The van der Waals surface area contributed by atoms with Crippen molar-refractivity contribution in [2.45, 2.75) is 32.7 Å². The van der Waals surface area contributed by atoms with Crippen LogP contribution in [0.1, 0.15) is 34.9 Å². The minimum Gasteiger partial charge on any atom is -0.315 e. The molecule has 2 heterocycles. The Kier molecular flexibility index (Phi) is 6.29. The lowest BCUT2D eigenvalue weighted by molar-refractivity contribution is -0.117. The molecule has 6 heteroatoms. The Morgan fingerprint density at radius 2 is 1.93 bits per heavy atom. The van der Waals surface area contributed by atoms with Crippen molar-refractivity contribution in [3.05, 3.63) is 51.9 Å². The molecule has 1 fully saturated rings. The van der Waals surface area contributed by atoms with Crippen molar-refractivity contribution in [2.24, 2.45) is 5.92 Å². The summed E-state index contributed by atoms with van der Waals surface area (Å²) in [7, 11) is 0. The summed E-state index contributed by atoms with van der Waals surface area (Å²) >= 11 is 1.60. The summed E-state index contributed by atoms with van der Waals surface area (Å²) in [6.07, 6.45) is 3.10. The molecular weight excluding hydrogens is 380 g/mol. The van der Waals surface area contributed by atoms with Gasteiger partial charge in [-0.3, -0.25) is 14.6 Å². The number of nitrogens with one attached hydrogen (secondary N) is 1. The third-order valence-corrected chi connectivity index (χ3v) is 7.13. The fourth-order valence-corrected chi connectivity index (χ4v) is 5.65. The largest absolute Gasteiger partial charge is 0.315 e. The highest BCUT2D eigenvalue weighted by atomic mass is 32.1. The van der Waals surface area contributed by atoms with Gasteiger partial charge in [-0.1, -0.05) is 37.3 Å². The number of fused-ring (bicyclic) bond motifs is 1. The van der Waals surface area contributed by atoms with Crippen molar-refractivity contribution in [1.82, 2.24) is 9.80 Å². The SMILES string of the molecule is C[C@@H]1CCc2c(sc(NC(=O)CN3CCN(Cc4ccccc4)CC3)c2C#N)C1. The number of benzene rings is 1. The summed E-state index contributed by atoms with van der Waals surface area (Å²) in [5, 5.41) is 13.4. The second-order valence-corrected chi connectivity index (χ2v) is 9.36. The molecule has 2 aliphatic rings. The fourth-order valence-electron chi connectivity index (χ4n) is 4.27. The van der Waals surface area contributed by atoms with Crippen LogP contribution in [-0.4, -0.2) is 48.4 Å². The Labute approximate surface area is 176 Å². The van der Waals surface area contributed by atoms with Crippen molar-refractivity contribution >= 4 is 22.2 Å². The van der Waals surface area contributed by atoms with Gasteiger partial charge in [-0.25, -0.2) is 0 Å². The van der Waals surface area contributed by atoms with Crippen LogP contribution < -0.4 is 5.32 Å². The van der Waals surface area contributed by atoms with E-state index in [0.717, 1.165) is 57.0 Å². The summed E-state index contributed by atoms with van der Waals surface area (Å²) in [6.45, 7) is 7.33. The molecule has 4 rings (SSSR count). The van der Waals surface area contributed by atoms with Crippen LogP contribution in [0.4, 0.5) is 5.00 Å². The molecule has 1 aliphatic heterocycles. The number of anilines is 1. The third-order valence-electron chi connectivity index (χ3n) is 5.96. The molecule has 1 amide bonds. The molecule has 1 N–H and O–H groups in total. The molecule has 0 saturated carbocycles. The van der Waals surface area contributed by atoms with Crippen LogP contribution in [-0.2, 0) is 24.2 Å². The van der Waals surface area contributed by atoms with Crippen LogP contribution in [0, 0.1) is 17.2 Å². The standard InChI is InChI=1S/C23H28N4OS/c1-17-7-8-19-20(14-24)23(29-21(19)13-17)25-22(28)16-27-11-9-26(10-12-27)15-18-5-3-2-4-6-18/h2-6,17H,7-13,15-16H2,1H3,(H,25,28)/t17-/m1/s1. The van der Waals surface area contributed by atoms with Gasteiger partial charge in [0.15, 0.2) is 0 Å². The molecule has 1 aromatic carbocycles. The molecule has 152 valence electrons. The van der Waals surface area contributed by atoms with Crippen LogP contribution in [0.2, 0.25) is 0 Å². The maximum Gasteiger partial charge on any atom is 0.239 e. The van der Waals surface area contributed by atoms with E-state index in [0.29, 0.717) is 18.0 Å².